The molecule has 0 aliphatic rings. The molecule has 0 fully saturated rings. The van der Waals surface area contributed by atoms with Gasteiger partial charge in [0.2, 0.25) is 5.91 Å². The van der Waals surface area contributed by atoms with Gasteiger partial charge in [0.05, 0.1) is 32.2 Å². The van der Waals surface area contributed by atoms with E-state index in [1.54, 1.807) is 36.5 Å². The molecule has 33 heavy (non-hydrogen) atoms. The number of hydrogen-bond acceptors (Lipinski definition) is 6. The van der Waals surface area contributed by atoms with Gasteiger partial charge in [-0.05, 0) is 56.2 Å². The largest absolute Gasteiger partial charge is 0.497 e. The van der Waals surface area contributed by atoms with Gasteiger partial charge in [-0.1, -0.05) is 20.3 Å². The first kappa shape index (κ1) is 24.6. The molecular formula is C26H32N2O4S. The van der Waals surface area contributed by atoms with Crippen LogP contribution in [0.1, 0.15) is 44.9 Å². The number of ether oxygens (including phenoxy) is 3. The summed E-state index contributed by atoms with van der Waals surface area (Å²) in [6.45, 7) is 6.74. The first-order chi connectivity index (χ1) is 16.1. The third-order valence-electron chi connectivity index (χ3n) is 5.13. The summed E-state index contributed by atoms with van der Waals surface area (Å²) in [5.41, 5.74) is 2.57. The Bertz CT molecular complexity index is 1060. The first-order valence-electron chi connectivity index (χ1n) is 11.3. The Labute approximate surface area is 200 Å². The maximum absolute atomic E-state index is 13.3. The van der Waals surface area contributed by atoms with Crippen LogP contribution < -0.4 is 19.1 Å². The summed E-state index contributed by atoms with van der Waals surface area (Å²) in [5.74, 6) is 2.04. The van der Waals surface area contributed by atoms with Gasteiger partial charge in [-0.25, -0.2) is 4.98 Å². The van der Waals surface area contributed by atoms with E-state index in [2.05, 4.69) is 6.92 Å². The van der Waals surface area contributed by atoms with Gasteiger partial charge in [0.25, 0.3) is 0 Å². The van der Waals surface area contributed by atoms with Crippen LogP contribution in [-0.2, 0) is 11.2 Å². The monoisotopic (exact) mass is 468 g/mol. The second kappa shape index (κ2) is 11.7. The van der Waals surface area contributed by atoms with Crippen LogP contribution in [0.4, 0.5) is 10.8 Å². The van der Waals surface area contributed by atoms with Crippen molar-refractivity contribution in [1.82, 2.24) is 4.98 Å². The van der Waals surface area contributed by atoms with Crippen molar-refractivity contribution in [2.24, 2.45) is 0 Å². The summed E-state index contributed by atoms with van der Waals surface area (Å²) in [7, 11) is 3.20. The molecule has 1 heterocycles. The molecule has 3 rings (SSSR count). The van der Waals surface area contributed by atoms with Crippen LogP contribution in [0.15, 0.2) is 42.5 Å². The van der Waals surface area contributed by atoms with Gasteiger partial charge in [0.15, 0.2) is 5.13 Å². The van der Waals surface area contributed by atoms with E-state index in [0.29, 0.717) is 35.3 Å². The van der Waals surface area contributed by atoms with E-state index in [1.165, 1.54) is 0 Å². The van der Waals surface area contributed by atoms with Crippen molar-refractivity contribution in [1.29, 1.82) is 0 Å². The SMILES string of the molecule is CCCC(=O)N(c1nc(-c2ccc(OCC)cc2)c(CCC)s1)c1ccc(OC)cc1OC. The molecule has 1 amide bonds. The zero-order chi connectivity index (χ0) is 23.8. The Morgan fingerprint density at radius 2 is 1.70 bits per heavy atom. The third-order valence-corrected chi connectivity index (χ3v) is 6.23. The highest BCUT2D eigenvalue weighted by Crippen LogP contribution is 2.42. The number of aromatic nitrogens is 1. The number of amides is 1. The Hall–Kier alpha value is -3.06. The Morgan fingerprint density at radius 3 is 2.30 bits per heavy atom. The maximum Gasteiger partial charge on any atom is 0.233 e. The summed E-state index contributed by atoms with van der Waals surface area (Å²) in [6, 6.07) is 13.4. The molecule has 0 radical (unpaired) electrons. The minimum Gasteiger partial charge on any atom is -0.497 e. The zero-order valence-corrected chi connectivity index (χ0v) is 20.8. The lowest BCUT2D eigenvalue weighted by atomic mass is 10.1. The van der Waals surface area contributed by atoms with Gasteiger partial charge in [-0.15, -0.1) is 11.3 Å². The number of nitrogens with zero attached hydrogens (tertiary/aromatic N) is 2. The van der Waals surface area contributed by atoms with Crippen molar-refractivity contribution in [3.05, 3.63) is 47.3 Å². The fourth-order valence-electron chi connectivity index (χ4n) is 3.57. The summed E-state index contributed by atoms with van der Waals surface area (Å²) in [6.07, 6.45) is 3.03. The number of methoxy groups -OCH3 is 2. The zero-order valence-electron chi connectivity index (χ0n) is 20.0. The van der Waals surface area contributed by atoms with Gasteiger partial charge in [0.1, 0.15) is 17.2 Å². The number of thiazole rings is 1. The van der Waals surface area contributed by atoms with E-state index >= 15 is 0 Å². The average molecular weight is 469 g/mol. The minimum absolute atomic E-state index is 0.0176. The van der Waals surface area contributed by atoms with Gasteiger partial charge >= 0.3 is 0 Å². The predicted octanol–water partition coefficient (Wildman–Crippen LogP) is 6.64. The Morgan fingerprint density at radius 1 is 0.970 bits per heavy atom. The quantitative estimate of drug-likeness (QED) is 0.315. The third kappa shape index (κ3) is 5.66. The normalized spacial score (nSPS) is 10.7. The van der Waals surface area contributed by atoms with Crippen molar-refractivity contribution in [3.63, 3.8) is 0 Å². The molecule has 0 atom stereocenters. The standard InChI is InChI=1S/C26H32N2O4S/c1-6-9-23-25(18-11-13-19(14-12-18)32-8-3)27-26(33-23)28(24(29)10-7-2)21-16-15-20(30-4)17-22(21)31-5/h11-17H,6-10H2,1-5H3. The summed E-state index contributed by atoms with van der Waals surface area (Å²) < 4.78 is 16.5. The highest BCUT2D eigenvalue weighted by Gasteiger charge is 2.26. The highest BCUT2D eigenvalue weighted by molar-refractivity contribution is 7.16. The molecule has 0 unspecified atom stereocenters. The van der Waals surface area contributed by atoms with Crippen LogP contribution in [0.2, 0.25) is 0 Å². The molecule has 0 bridgehead atoms. The number of anilines is 2. The van der Waals surface area contributed by atoms with Gasteiger partial charge in [-0.2, -0.15) is 0 Å². The molecule has 0 N–H and O–H groups in total. The van der Waals surface area contributed by atoms with Crippen LogP contribution in [0.5, 0.6) is 17.2 Å². The van der Waals surface area contributed by atoms with E-state index in [0.717, 1.165) is 41.1 Å². The van der Waals surface area contributed by atoms with Crippen LogP contribution in [0.25, 0.3) is 11.3 Å². The topological polar surface area (TPSA) is 60.9 Å². The molecule has 6 nitrogen and oxygen atoms in total. The minimum atomic E-state index is -0.0176. The van der Waals surface area contributed by atoms with E-state index in [4.69, 9.17) is 19.2 Å². The number of carbonyl (C=O) groups excluding carboxylic acids is 1. The van der Waals surface area contributed by atoms with E-state index < -0.39 is 0 Å². The average Bonchev–Trinajstić information content (AvgIpc) is 3.23. The van der Waals surface area contributed by atoms with E-state index in [-0.39, 0.29) is 5.91 Å². The Kier molecular flexibility index (Phi) is 8.72. The van der Waals surface area contributed by atoms with Crippen LogP contribution in [0, 0.1) is 0 Å². The fraction of sp³-hybridized carbons (Fsp3) is 0.385. The number of rotatable bonds is 11. The maximum atomic E-state index is 13.3. The van der Waals surface area contributed by atoms with Crippen molar-refractivity contribution in [2.45, 2.75) is 46.5 Å². The van der Waals surface area contributed by atoms with Crippen molar-refractivity contribution >= 4 is 28.1 Å². The lowest BCUT2D eigenvalue weighted by Crippen LogP contribution is -2.25. The summed E-state index contributed by atoms with van der Waals surface area (Å²) >= 11 is 1.56. The van der Waals surface area contributed by atoms with Crippen molar-refractivity contribution < 1.29 is 19.0 Å². The van der Waals surface area contributed by atoms with Crippen LogP contribution in [-0.4, -0.2) is 31.7 Å². The second-order valence-electron chi connectivity index (χ2n) is 7.49. The molecule has 0 saturated carbocycles. The number of aryl methyl sites for hydroxylation is 1. The van der Waals surface area contributed by atoms with E-state index in [1.807, 2.05) is 50.2 Å². The molecule has 0 spiro atoms. The molecular weight excluding hydrogens is 436 g/mol. The molecule has 2 aromatic carbocycles. The number of hydrogen-bond donors (Lipinski definition) is 0. The van der Waals surface area contributed by atoms with Crippen LogP contribution >= 0.6 is 11.3 Å². The number of benzene rings is 2. The molecule has 3 aromatic rings. The molecule has 1 aromatic heterocycles. The molecule has 0 aliphatic carbocycles. The number of carbonyl (C=O) groups is 1. The molecule has 176 valence electrons. The summed E-state index contributed by atoms with van der Waals surface area (Å²) in [4.78, 5) is 21.1. The lowest BCUT2D eigenvalue weighted by molar-refractivity contribution is -0.117. The molecule has 0 aliphatic heterocycles. The molecule has 7 heteroatoms. The van der Waals surface area contributed by atoms with Crippen LogP contribution in [0.3, 0.4) is 0 Å². The second-order valence-corrected chi connectivity index (χ2v) is 8.55. The molecule has 0 saturated heterocycles. The van der Waals surface area contributed by atoms with Gasteiger partial charge < -0.3 is 14.2 Å². The van der Waals surface area contributed by atoms with Gasteiger partial charge in [0, 0.05) is 22.9 Å². The first-order valence-corrected chi connectivity index (χ1v) is 12.2. The fourth-order valence-corrected chi connectivity index (χ4v) is 4.79. The lowest BCUT2D eigenvalue weighted by Gasteiger charge is -2.22. The van der Waals surface area contributed by atoms with E-state index in [9.17, 15) is 4.79 Å². The van der Waals surface area contributed by atoms with Gasteiger partial charge in [-0.3, -0.25) is 9.69 Å². The predicted molar refractivity (Wildman–Crippen MR) is 134 cm³/mol. The summed E-state index contributed by atoms with van der Waals surface area (Å²) in [5, 5.41) is 0.643. The van der Waals surface area contributed by atoms with Crippen molar-refractivity contribution in [2.75, 3.05) is 25.7 Å². The smallest absolute Gasteiger partial charge is 0.233 e. The highest BCUT2D eigenvalue weighted by atomic mass is 32.1. The van der Waals surface area contributed by atoms with Crippen molar-refractivity contribution in [3.8, 4) is 28.5 Å². The Balaban J connectivity index is 2.11.